The van der Waals surface area contributed by atoms with Crippen LogP contribution in [0.3, 0.4) is 0 Å². The highest BCUT2D eigenvalue weighted by Gasteiger charge is 2.30. The molecule has 1 aromatic carbocycles. The van der Waals surface area contributed by atoms with Gasteiger partial charge in [0.05, 0.1) is 28.9 Å². The molecule has 1 aliphatic rings. The summed E-state index contributed by atoms with van der Waals surface area (Å²) >= 11 is 6.01. The van der Waals surface area contributed by atoms with Crippen molar-refractivity contribution in [3.8, 4) is 0 Å². The Morgan fingerprint density at radius 2 is 1.80 bits per heavy atom. The molecule has 45 heavy (non-hydrogen) atoms. The first kappa shape index (κ1) is 32.2. The standard InChI is InChI=1S/C28H32ClF2N9O4S/c1-14-12-18(15(2)32-20-6-7-21(29)33-23(20)25(41)37-45(5,43)44)22-19(13-14)26(42)38(4)28(34-22)39-10-8-17(9-11-39)24-36-35-16(3)40(24)27(30)31/h6-7,12-13,15,17,27,32H,8-11H2,1-5H3,(H,37,41)/t15-/m1/s1. The lowest BCUT2D eigenvalue weighted by Gasteiger charge is -2.33. The van der Waals surface area contributed by atoms with Crippen LogP contribution >= 0.6 is 11.6 Å². The number of halogens is 3. The molecule has 1 atom stereocenters. The number of amides is 1. The van der Waals surface area contributed by atoms with Crippen LogP contribution in [0.1, 0.15) is 71.5 Å². The molecule has 1 saturated heterocycles. The Kier molecular flexibility index (Phi) is 8.81. The number of hydrogen-bond donors (Lipinski definition) is 2. The molecular formula is C28H32ClF2N9O4S. The zero-order valence-corrected chi connectivity index (χ0v) is 26.7. The van der Waals surface area contributed by atoms with Crippen LogP contribution in [-0.2, 0) is 17.1 Å². The van der Waals surface area contributed by atoms with Crippen molar-refractivity contribution in [2.24, 2.45) is 7.05 Å². The molecule has 1 amide bonds. The SMILES string of the molecule is Cc1cc([C@@H](C)Nc2ccc(Cl)nc2C(=O)NS(C)(=O)=O)c2nc(N3CCC(c4nnc(C)n4C(F)F)CC3)n(C)c(=O)c2c1. The maximum Gasteiger partial charge on any atom is 0.321 e. The van der Waals surface area contributed by atoms with E-state index in [2.05, 4.69) is 20.5 Å². The van der Waals surface area contributed by atoms with Crippen molar-refractivity contribution >= 4 is 50.1 Å². The minimum Gasteiger partial charge on any atom is -0.377 e. The number of hydrogen-bond acceptors (Lipinski definition) is 10. The number of aryl methyl sites for hydroxylation is 2. The van der Waals surface area contributed by atoms with Crippen LogP contribution in [0.2, 0.25) is 5.15 Å². The van der Waals surface area contributed by atoms with Gasteiger partial charge in [-0.2, -0.15) is 8.78 Å². The maximum atomic E-state index is 13.6. The largest absolute Gasteiger partial charge is 0.377 e. The highest BCUT2D eigenvalue weighted by Crippen LogP contribution is 2.33. The number of piperidine rings is 1. The van der Waals surface area contributed by atoms with Gasteiger partial charge in [0.25, 0.3) is 11.5 Å². The predicted octanol–water partition coefficient (Wildman–Crippen LogP) is 3.83. The second kappa shape index (κ2) is 12.3. The second-order valence-electron chi connectivity index (χ2n) is 11.1. The van der Waals surface area contributed by atoms with Gasteiger partial charge in [0, 0.05) is 31.6 Å². The number of anilines is 2. The lowest BCUT2D eigenvalue weighted by atomic mass is 9.96. The molecule has 4 aromatic rings. The minimum absolute atomic E-state index is 0.00369. The van der Waals surface area contributed by atoms with Gasteiger partial charge < -0.3 is 10.2 Å². The first-order valence-corrected chi connectivity index (χ1v) is 16.3. The predicted molar refractivity (Wildman–Crippen MR) is 166 cm³/mol. The number of aromatic nitrogens is 6. The molecule has 1 fully saturated rings. The Bertz CT molecular complexity index is 1960. The van der Waals surface area contributed by atoms with Gasteiger partial charge in [0.1, 0.15) is 16.8 Å². The number of sulfonamides is 1. The number of rotatable bonds is 8. The van der Waals surface area contributed by atoms with Gasteiger partial charge in [0.2, 0.25) is 16.0 Å². The van der Waals surface area contributed by atoms with Crippen LogP contribution in [0.15, 0.2) is 29.1 Å². The van der Waals surface area contributed by atoms with E-state index in [9.17, 15) is 26.8 Å². The van der Waals surface area contributed by atoms with E-state index in [0.717, 1.165) is 16.4 Å². The summed E-state index contributed by atoms with van der Waals surface area (Å²) in [4.78, 5) is 37.3. The summed E-state index contributed by atoms with van der Waals surface area (Å²) in [7, 11) is -2.23. The highest BCUT2D eigenvalue weighted by atomic mass is 35.5. The monoisotopic (exact) mass is 663 g/mol. The van der Waals surface area contributed by atoms with Gasteiger partial charge in [-0.1, -0.05) is 17.7 Å². The van der Waals surface area contributed by atoms with Crippen LogP contribution in [0.5, 0.6) is 0 Å². The molecular weight excluding hydrogens is 632 g/mol. The number of nitrogens with zero attached hydrogens (tertiary/aromatic N) is 7. The van der Waals surface area contributed by atoms with Crippen LogP contribution in [-0.4, -0.2) is 63.0 Å². The van der Waals surface area contributed by atoms with Crippen LogP contribution in [0, 0.1) is 13.8 Å². The van der Waals surface area contributed by atoms with Crippen molar-refractivity contribution in [1.29, 1.82) is 0 Å². The Balaban J connectivity index is 1.48. The second-order valence-corrected chi connectivity index (χ2v) is 13.3. The average Bonchev–Trinajstić information content (AvgIpc) is 3.36. The number of pyridine rings is 1. The fourth-order valence-electron chi connectivity index (χ4n) is 5.65. The fraction of sp³-hybridized carbons (Fsp3) is 0.429. The molecule has 5 rings (SSSR count). The van der Waals surface area contributed by atoms with Crippen molar-refractivity contribution < 1.29 is 22.0 Å². The number of nitrogens with one attached hydrogen (secondary N) is 2. The Hall–Kier alpha value is -4.18. The number of alkyl halides is 2. The molecule has 240 valence electrons. The number of carbonyl (C=O) groups excluding carboxylic acids is 1. The van der Waals surface area contributed by atoms with Gasteiger partial charge in [-0.3, -0.25) is 18.7 Å². The molecule has 1 aliphatic heterocycles. The third kappa shape index (κ3) is 6.61. The van der Waals surface area contributed by atoms with Gasteiger partial charge in [-0.25, -0.2) is 23.1 Å². The molecule has 3 aromatic heterocycles. The summed E-state index contributed by atoms with van der Waals surface area (Å²) in [6.45, 7) is 3.33. The average molecular weight is 664 g/mol. The quantitative estimate of drug-likeness (QED) is 0.266. The Morgan fingerprint density at radius 3 is 2.44 bits per heavy atom. The molecule has 2 N–H and O–H groups in total. The zero-order valence-electron chi connectivity index (χ0n) is 25.2. The third-order valence-electron chi connectivity index (χ3n) is 7.75. The number of benzene rings is 1. The van der Waals surface area contributed by atoms with Crippen molar-refractivity contribution in [1.82, 2.24) is 34.0 Å². The normalized spacial score (nSPS) is 15.1. The van der Waals surface area contributed by atoms with E-state index in [-0.39, 0.29) is 39.7 Å². The smallest absolute Gasteiger partial charge is 0.321 e. The summed E-state index contributed by atoms with van der Waals surface area (Å²) in [5, 5.41) is 11.4. The Labute approximate surface area is 262 Å². The molecule has 0 radical (unpaired) electrons. The van der Waals surface area contributed by atoms with Crippen molar-refractivity contribution in [2.75, 3.05) is 29.6 Å². The maximum absolute atomic E-state index is 13.6. The summed E-state index contributed by atoms with van der Waals surface area (Å²) in [6, 6.07) is 6.08. The van der Waals surface area contributed by atoms with Crippen LogP contribution < -0.4 is 20.5 Å². The zero-order chi connectivity index (χ0) is 32.8. The Morgan fingerprint density at radius 1 is 1.11 bits per heavy atom. The van der Waals surface area contributed by atoms with E-state index in [4.69, 9.17) is 16.6 Å². The third-order valence-corrected chi connectivity index (χ3v) is 8.52. The lowest BCUT2D eigenvalue weighted by Crippen LogP contribution is -2.38. The molecule has 17 heteroatoms. The number of fused-ring (bicyclic) bond motifs is 1. The van der Waals surface area contributed by atoms with E-state index in [1.807, 2.05) is 29.5 Å². The van der Waals surface area contributed by atoms with Crippen LogP contribution in [0.25, 0.3) is 10.9 Å². The fourth-order valence-corrected chi connectivity index (χ4v) is 6.23. The molecule has 0 spiro atoms. The van der Waals surface area contributed by atoms with Gasteiger partial charge in [0.15, 0.2) is 5.69 Å². The highest BCUT2D eigenvalue weighted by molar-refractivity contribution is 7.89. The van der Waals surface area contributed by atoms with Gasteiger partial charge >= 0.3 is 6.55 Å². The summed E-state index contributed by atoms with van der Waals surface area (Å²) in [5.41, 5.74) is 1.65. The summed E-state index contributed by atoms with van der Waals surface area (Å²) in [5.74, 6) is -0.344. The topological polar surface area (TPSA) is 157 Å². The van der Waals surface area contributed by atoms with E-state index in [1.165, 1.54) is 23.6 Å². The van der Waals surface area contributed by atoms with Gasteiger partial charge in [-0.15, -0.1) is 10.2 Å². The van der Waals surface area contributed by atoms with Crippen LogP contribution in [0.4, 0.5) is 20.4 Å². The molecule has 4 heterocycles. The molecule has 0 aliphatic carbocycles. The molecule has 0 bridgehead atoms. The summed E-state index contributed by atoms with van der Waals surface area (Å²) < 4.78 is 54.9. The van der Waals surface area contributed by atoms with Gasteiger partial charge in [-0.05, 0) is 57.4 Å². The van der Waals surface area contributed by atoms with E-state index in [1.54, 1.807) is 13.1 Å². The molecule has 0 unspecified atom stereocenters. The van der Waals surface area contributed by atoms with E-state index < -0.39 is 28.5 Å². The molecule has 13 nitrogen and oxygen atoms in total. The molecule has 0 saturated carbocycles. The lowest BCUT2D eigenvalue weighted by molar-refractivity contribution is 0.0627. The minimum atomic E-state index is -3.87. The van der Waals surface area contributed by atoms with E-state index in [0.29, 0.717) is 48.3 Å². The van der Waals surface area contributed by atoms with Crippen molar-refractivity contribution in [3.05, 3.63) is 68.2 Å². The van der Waals surface area contributed by atoms with E-state index >= 15 is 0 Å². The first-order valence-electron chi connectivity index (χ1n) is 14.1. The van der Waals surface area contributed by atoms with Crippen molar-refractivity contribution in [2.45, 2.75) is 52.1 Å². The summed E-state index contributed by atoms with van der Waals surface area (Å²) in [6.07, 6.45) is 1.88. The number of carbonyl (C=O) groups is 1. The van der Waals surface area contributed by atoms with Crippen molar-refractivity contribution in [3.63, 3.8) is 0 Å². The first-order chi connectivity index (χ1) is 21.1.